The molecule has 0 aliphatic heterocycles. The summed E-state index contributed by atoms with van der Waals surface area (Å²) in [5, 5.41) is 17.1. The normalized spacial score (nSPS) is 11.4. The van der Waals surface area contributed by atoms with Crippen molar-refractivity contribution in [2.75, 3.05) is 13.1 Å². The number of hydrogen-bond acceptors (Lipinski definition) is 4. The molecule has 7 nitrogen and oxygen atoms in total. The first-order valence-electron chi connectivity index (χ1n) is 8.43. The average molecular weight is 345 g/mol. The number of pyridine rings is 1. The van der Waals surface area contributed by atoms with E-state index in [1.807, 2.05) is 39.0 Å². The molecule has 0 bridgehead atoms. The highest BCUT2D eigenvalue weighted by Crippen LogP contribution is 2.10. The minimum absolute atomic E-state index is 0.202. The molecule has 136 valence electrons. The summed E-state index contributed by atoms with van der Waals surface area (Å²) >= 11 is 0. The highest BCUT2D eigenvalue weighted by Gasteiger charge is 2.20. The number of carbonyl (C=O) groups excluding carboxylic acids is 1. The van der Waals surface area contributed by atoms with Crippen molar-refractivity contribution in [2.45, 2.75) is 46.8 Å². The summed E-state index contributed by atoms with van der Waals surface area (Å²) < 4.78 is 1.79. The van der Waals surface area contributed by atoms with Gasteiger partial charge in [-0.05, 0) is 52.3 Å². The summed E-state index contributed by atoms with van der Waals surface area (Å²) in [5.74, 6) is 0.748. The summed E-state index contributed by atoms with van der Waals surface area (Å²) in [7, 11) is 0. The molecule has 0 unspecified atom stereocenters. The van der Waals surface area contributed by atoms with Crippen LogP contribution in [0.4, 0.5) is 4.79 Å². The van der Waals surface area contributed by atoms with Crippen molar-refractivity contribution < 1.29 is 9.90 Å². The zero-order chi connectivity index (χ0) is 18.6. The molecule has 7 heteroatoms. The zero-order valence-corrected chi connectivity index (χ0v) is 15.6. The number of nitrogens with zero attached hydrogens (tertiary/aromatic N) is 4. The minimum Gasteiger partial charge on any atom is -0.389 e. The number of aryl methyl sites for hydroxylation is 2. The van der Waals surface area contributed by atoms with Crippen molar-refractivity contribution in [3.63, 3.8) is 0 Å². The highest BCUT2D eigenvalue weighted by atomic mass is 16.3. The van der Waals surface area contributed by atoms with Crippen molar-refractivity contribution in [1.82, 2.24) is 25.0 Å². The van der Waals surface area contributed by atoms with E-state index in [1.165, 1.54) is 0 Å². The quantitative estimate of drug-likeness (QED) is 0.841. The number of rotatable bonds is 6. The monoisotopic (exact) mass is 345 g/mol. The largest absolute Gasteiger partial charge is 0.389 e. The molecular formula is C18H27N5O2. The number of urea groups is 1. The highest BCUT2D eigenvalue weighted by molar-refractivity contribution is 5.74. The van der Waals surface area contributed by atoms with Gasteiger partial charge in [0, 0.05) is 25.0 Å². The molecule has 0 aromatic carbocycles. The molecule has 0 aliphatic carbocycles. The maximum absolute atomic E-state index is 12.2. The maximum Gasteiger partial charge on any atom is 0.317 e. The zero-order valence-electron chi connectivity index (χ0n) is 15.6. The van der Waals surface area contributed by atoms with Gasteiger partial charge < -0.3 is 15.3 Å². The van der Waals surface area contributed by atoms with Crippen LogP contribution in [0.25, 0.3) is 5.82 Å². The number of aromatic nitrogens is 3. The van der Waals surface area contributed by atoms with Gasteiger partial charge in [-0.25, -0.2) is 14.5 Å². The van der Waals surface area contributed by atoms with Crippen molar-refractivity contribution in [3.05, 3.63) is 41.3 Å². The topological polar surface area (TPSA) is 83.3 Å². The van der Waals surface area contributed by atoms with Gasteiger partial charge in [-0.1, -0.05) is 6.07 Å². The Hall–Kier alpha value is -2.41. The third-order valence-corrected chi connectivity index (χ3v) is 3.73. The predicted octanol–water partition coefficient (Wildman–Crippen LogP) is 2.19. The van der Waals surface area contributed by atoms with Crippen molar-refractivity contribution in [2.24, 2.45) is 0 Å². The predicted molar refractivity (Wildman–Crippen MR) is 96.6 cm³/mol. The van der Waals surface area contributed by atoms with Gasteiger partial charge in [0.25, 0.3) is 0 Å². The van der Waals surface area contributed by atoms with Crippen LogP contribution in [-0.2, 0) is 6.54 Å². The maximum atomic E-state index is 12.2. The van der Waals surface area contributed by atoms with E-state index >= 15 is 0 Å². The van der Waals surface area contributed by atoms with Crippen molar-refractivity contribution >= 4 is 6.03 Å². The fraction of sp³-hybridized carbons (Fsp3) is 0.500. The molecule has 2 N–H and O–H groups in total. The lowest BCUT2D eigenvalue weighted by atomic mass is 10.1. The van der Waals surface area contributed by atoms with Crippen LogP contribution < -0.4 is 5.32 Å². The first-order chi connectivity index (χ1) is 11.7. The second-order valence-corrected chi connectivity index (χ2v) is 6.85. The summed E-state index contributed by atoms with van der Waals surface area (Å²) in [5.41, 5.74) is 1.95. The molecule has 2 amide bonds. The molecule has 0 fully saturated rings. The van der Waals surface area contributed by atoms with E-state index in [1.54, 1.807) is 29.6 Å². The molecular weight excluding hydrogens is 318 g/mol. The molecule has 0 aliphatic rings. The van der Waals surface area contributed by atoms with Crippen LogP contribution in [0.3, 0.4) is 0 Å². The smallest absolute Gasteiger partial charge is 0.317 e. The van der Waals surface area contributed by atoms with Crippen LogP contribution in [0.1, 0.15) is 37.7 Å². The minimum atomic E-state index is -0.920. The van der Waals surface area contributed by atoms with E-state index in [0.29, 0.717) is 13.1 Å². The van der Waals surface area contributed by atoms with Crippen molar-refractivity contribution in [3.8, 4) is 5.82 Å². The van der Waals surface area contributed by atoms with E-state index in [2.05, 4.69) is 15.4 Å². The summed E-state index contributed by atoms with van der Waals surface area (Å²) in [6.07, 6.45) is 1.73. The molecule has 0 spiro atoms. The SMILES string of the molecule is CCN(CC(C)(C)O)C(=O)NCc1ccc(-n2nc(C)cc2C)nc1. The Morgan fingerprint density at radius 3 is 2.56 bits per heavy atom. The lowest BCUT2D eigenvalue weighted by molar-refractivity contribution is 0.0480. The van der Waals surface area contributed by atoms with Crippen LogP contribution in [0.2, 0.25) is 0 Å². The van der Waals surface area contributed by atoms with Crippen LogP contribution >= 0.6 is 0 Å². The first kappa shape index (κ1) is 18.9. The number of hydrogen-bond donors (Lipinski definition) is 2. The molecule has 0 saturated heterocycles. The van der Waals surface area contributed by atoms with Gasteiger partial charge in [-0.3, -0.25) is 0 Å². The van der Waals surface area contributed by atoms with Crippen LogP contribution in [-0.4, -0.2) is 49.5 Å². The first-order valence-corrected chi connectivity index (χ1v) is 8.43. The number of carbonyl (C=O) groups is 1. The van der Waals surface area contributed by atoms with Gasteiger partial charge in [0.2, 0.25) is 0 Å². The third kappa shape index (κ3) is 5.29. The second-order valence-electron chi connectivity index (χ2n) is 6.85. The lowest BCUT2D eigenvalue weighted by Gasteiger charge is -2.28. The number of aliphatic hydroxyl groups is 1. The Morgan fingerprint density at radius 2 is 2.08 bits per heavy atom. The molecule has 2 rings (SSSR count). The molecule has 0 radical (unpaired) electrons. The van der Waals surface area contributed by atoms with E-state index in [9.17, 15) is 9.90 Å². The van der Waals surface area contributed by atoms with Gasteiger partial charge in [-0.15, -0.1) is 0 Å². The van der Waals surface area contributed by atoms with Gasteiger partial charge in [0.1, 0.15) is 0 Å². The number of nitrogens with one attached hydrogen (secondary N) is 1. The van der Waals surface area contributed by atoms with E-state index < -0.39 is 5.60 Å². The Morgan fingerprint density at radius 1 is 1.36 bits per heavy atom. The van der Waals surface area contributed by atoms with E-state index in [0.717, 1.165) is 22.8 Å². The summed E-state index contributed by atoms with van der Waals surface area (Å²) in [6, 6.07) is 5.60. The second kappa shape index (κ2) is 7.65. The molecule has 0 atom stereocenters. The molecule has 0 saturated carbocycles. The fourth-order valence-corrected chi connectivity index (χ4v) is 2.59. The lowest BCUT2D eigenvalue weighted by Crippen LogP contribution is -2.46. The van der Waals surface area contributed by atoms with Gasteiger partial charge >= 0.3 is 6.03 Å². The number of amides is 2. The van der Waals surface area contributed by atoms with Crippen LogP contribution in [0.5, 0.6) is 0 Å². The molecule has 25 heavy (non-hydrogen) atoms. The molecule has 2 aromatic heterocycles. The third-order valence-electron chi connectivity index (χ3n) is 3.73. The Kier molecular flexibility index (Phi) is 5.79. The Labute approximate surface area is 148 Å². The Bertz CT molecular complexity index is 716. The number of likely N-dealkylation sites (N-methyl/N-ethyl adjacent to an activating group) is 1. The Balaban J connectivity index is 1.97. The summed E-state index contributed by atoms with van der Waals surface area (Å²) in [6.45, 7) is 10.4. The fourth-order valence-electron chi connectivity index (χ4n) is 2.59. The molecule has 2 heterocycles. The van der Waals surface area contributed by atoms with Gasteiger partial charge in [0.15, 0.2) is 5.82 Å². The standard InChI is InChI=1S/C18H27N5O2/c1-6-22(12-18(4,5)25)17(24)20-11-15-7-8-16(19-10-15)23-14(3)9-13(2)21-23/h7-10,25H,6,11-12H2,1-5H3,(H,20,24). The summed E-state index contributed by atoms with van der Waals surface area (Å²) in [4.78, 5) is 18.2. The van der Waals surface area contributed by atoms with Gasteiger partial charge in [0.05, 0.1) is 17.8 Å². The van der Waals surface area contributed by atoms with Crippen LogP contribution in [0, 0.1) is 13.8 Å². The molecule has 2 aromatic rings. The van der Waals surface area contributed by atoms with E-state index in [-0.39, 0.29) is 12.6 Å². The van der Waals surface area contributed by atoms with Crippen molar-refractivity contribution in [1.29, 1.82) is 0 Å². The van der Waals surface area contributed by atoms with Crippen LogP contribution in [0.15, 0.2) is 24.4 Å². The van der Waals surface area contributed by atoms with E-state index in [4.69, 9.17) is 0 Å². The van der Waals surface area contributed by atoms with Gasteiger partial charge in [-0.2, -0.15) is 5.10 Å². The average Bonchev–Trinajstić information content (AvgIpc) is 2.88.